The molecule has 1 aliphatic rings. The minimum Gasteiger partial charge on any atom is -0.497 e. The van der Waals surface area contributed by atoms with E-state index in [2.05, 4.69) is 0 Å². The van der Waals surface area contributed by atoms with Crippen molar-refractivity contribution in [1.29, 1.82) is 0 Å². The first-order valence-corrected chi connectivity index (χ1v) is 5.63. The van der Waals surface area contributed by atoms with E-state index in [1.54, 1.807) is 13.2 Å². The summed E-state index contributed by atoms with van der Waals surface area (Å²) in [6.45, 7) is 0. The van der Waals surface area contributed by atoms with Gasteiger partial charge in [-0.15, -0.1) is 0 Å². The zero-order valence-electron chi connectivity index (χ0n) is 9.48. The molecular weight excluding hydrogens is 202 g/mol. The van der Waals surface area contributed by atoms with Gasteiger partial charge in [-0.3, -0.25) is 4.79 Å². The van der Waals surface area contributed by atoms with Gasteiger partial charge in [0.2, 0.25) is 0 Å². The first-order valence-electron chi connectivity index (χ1n) is 5.63. The largest absolute Gasteiger partial charge is 0.497 e. The normalized spacial score (nSPS) is 16.9. The molecule has 1 fully saturated rings. The van der Waals surface area contributed by atoms with Gasteiger partial charge in [-0.25, -0.2) is 0 Å². The highest BCUT2D eigenvalue weighted by molar-refractivity contribution is 5.96. The molecule has 1 aromatic carbocycles. The van der Waals surface area contributed by atoms with Crippen molar-refractivity contribution < 1.29 is 9.53 Å². The third-order valence-electron chi connectivity index (χ3n) is 3.04. The van der Waals surface area contributed by atoms with Gasteiger partial charge in [-0.2, -0.15) is 0 Å². The molecule has 2 rings (SSSR count). The lowest BCUT2D eigenvalue weighted by Crippen LogP contribution is -2.25. The highest BCUT2D eigenvalue weighted by Crippen LogP contribution is 2.33. The summed E-state index contributed by atoms with van der Waals surface area (Å²) in [5.41, 5.74) is 6.63. The van der Waals surface area contributed by atoms with E-state index in [9.17, 15) is 4.79 Å². The Morgan fingerprint density at radius 2 is 2.31 bits per heavy atom. The highest BCUT2D eigenvalue weighted by Gasteiger charge is 2.29. The Labute approximate surface area is 95.6 Å². The van der Waals surface area contributed by atoms with Gasteiger partial charge in [0.25, 0.3) is 0 Å². The molecule has 1 atom stereocenters. The van der Waals surface area contributed by atoms with Crippen LogP contribution in [0.15, 0.2) is 24.3 Å². The smallest absolute Gasteiger partial charge is 0.164 e. The van der Waals surface area contributed by atoms with E-state index in [1.165, 1.54) is 12.8 Å². The van der Waals surface area contributed by atoms with Crippen LogP contribution in [-0.2, 0) is 0 Å². The fourth-order valence-electron chi connectivity index (χ4n) is 1.82. The second kappa shape index (κ2) is 4.66. The number of nitrogens with two attached hydrogens (primary N) is 1. The monoisotopic (exact) mass is 219 g/mol. The summed E-state index contributed by atoms with van der Waals surface area (Å²) in [4.78, 5) is 11.9. The van der Waals surface area contributed by atoms with Crippen LogP contribution in [0.25, 0.3) is 0 Å². The number of carbonyl (C=O) groups is 1. The lowest BCUT2D eigenvalue weighted by Gasteiger charge is -2.09. The van der Waals surface area contributed by atoms with E-state index < -0.39 is 0 Å². The SMILES string of the molecule is COc1cccc(C(=O)CC(N)C2CC2)c1. The molecule has 1 saturated carbocycles. The number of hydrogen-bond donors (Lipinski definition) is 1. The summed E-state index contributed by atoms with van der Waals surface area (Å²) in [5, 5.41) is 0. The van der Waals surface area contributed by atoms with E-state index in [1.807, 2.05) is 18.2 Å². The van der Waals surface area contributed by atoms with Gasteiger partial charge in [-0.05, 0) is 30.9 Å². The van der Waals surface area contributed by atoms with Crippen LogP contribution in [0.5, 0.6) is 5.75 Å². The summed E-state index contributed by atoms with van der Waals surface area (Å²) in [5.74, 6) is 1.39. The van der Waals surface area contributed by atoms with Crippen molar-refractivity contribution in [2.75, 3.05) is 7.11 Å². The Hall–Kier alpha value is -1.35. The molecule has 0 aromatic heterocycles. The van der Waals surface area contributed by atoms with Gasteiger partial charge in [-0.1, -0.05) is 12.1 Å². The van der Waals surface area contributed by atoms with E-state index in [0.29, 0.717) is 23.7 Å². The number of ether oxygens (including phenoxy) is 1. The van der Waals surface area contributed by atoms with E-state index in [0.717, 1.165) is 0 Å². The van der Waals surface area contributed by atoms with Crippen LogP contribution >= 0.6 is 0 Å². The molecule has 0 aliphatic heterocycles. The topological polar surface area (TPSA) is 52.3 Å². The van der Waals surface area contributed by atoms with E-state index in [-0.39, 0.29) is 11.8 Å². The molecule has 0 saturated heterocycles. The Morgan fingerprint density at radius 1 is 1.56 bits per heavy atom. The lowest BCUT2D eigenvalue weighted by atomic mass is 10.0. The van der Waals surface area contributed by atoms with Gasteiger partial charge >= 0.3 is 0 Å². The second-order valence-electron chi connectivity index (χ2n) is 4.36. The molecular formula is C13H17NO2. The summed E-state index contributed by atoms with van der Waals surface area (Å²) in [6, 6.07) is 7.26. The van der Waals surface area contributed by atoms with Crippen molar-refractivity contribution in [2.24, 2.45) is 11.7 Å². The zero-order valence-corrected chi connectivity index (χ0v) is 9.48. The van der Waals surface area contributed by atoms with Crippen LogP contribution in [0, 0.1) is 5.92 Å². The molecule has 0 amide bonds. The Bertz CT molecular complexity index is 385. The third kappa shape index (κ3) is 2.61. The van der Waals surface area contributed by atoms with Crippen LogP contribution in [0.2, 0.25) is 0 Å². The van der Waals surface area contributed by atoms with Crippen LogP contribution in [0.1, 0.15) is 29.6 Å². The van der Waals surface area contributed by atoms with Gasteiger partial charge in [0.1, 0.15) is 5.75 Å². The lowest BCUT2D eigenvalue weighted by molar-refractivity contribution is 0.0971. The molecule has 2 N–H and O–H groups in total. The number of benzene rings is 1. The van der Waals surface area contributed by atoms with Crippen LogP contribution in [0.4, 0.5) is 0 Å². The molecule has 0 radical (unpaired) electrons. The molecule has 3 heteroatoms. The van der Waals surface area contributed by atoms with Crippen molar-refractivity contribution in [3.05, 3.63) is 29.8 Å². The number of hydrogen-bond acceptors (Lipinski definition) is 3. The van der Waals surface area contributed by atoms with E-state index in [4.69, 9.17) is 10.5 Å². The predicted molar refractivity (Wildman–Crippen MR) is 62.6 cm³/mol. The van der Waals surface area contributed by atoms with Crippen molar-refractivity contribution in [3.63, 3.8) is 0 Å². The summed E-state index contributed by atoms with van der Waals surface area (Å²) in [6.07, 6.45) is 2.79. The number of ketones is 1. The number of rotatable bonds is 5. The first kappa shape index (κ1) is 11.1. The average Bonchev–Trinajstić information content (AvgIpc) is 3.13. The standard InChI is InChI=1S/C13H17NO2/c1-16-11-4-2-3-10(7-11)13(15)8-12(14)9-5-6-9/h2-4,7,9,12H,5-6,8,14H2,1H3. The Kier molecular flexibility index (Phi) is 3.25. The van der Waals surface area contributed by atoms with Gasteiger partial charge in [0.05, 0.1) is 7.11 Å². The molecule has 86 valence electrons. The van der Waals surface area contributed by atoms with Crippen LogP contribution in [-0.4, -0.2) is 18.9 Å². The zero-order chi connectivity index (χ0) is 11.5. The summed E-state index contributed by atoms with van der Waals surface area (Å²) in [7, 11) is 1.60. The van der Waals surface area contributed by atoms with Crippen molar-refractivity contribution in [2.45, 2.75) is 25.3 Å². The maximum Gasteiger partial charge on any atom is 0.164 e. The Morgan fingerprint density at radius 3 is 2.94 bits per heavy atom. The minimum absolute atomic E-state index is 0.0266. The molecule has 0 bridgehead atoms. The number of methoxy groups -OCH3 is 1. The summed E-state index contributed by atoms with van der Waals surface area (Å²) >= 11 is 0. The Balaban J connectivity index is 2.01. The van der Waals surface area contributed by atoms with Crippen molar-refractivity contribution in [3.8, 4) is 5.75 Å². The molecule has 0 spiro atoms. The number of carbonyl (C=O) groups excluding carboxylic acids is 1. The molecule has 3 nitrogen and oxygen atoms in total. The minimum atomic E-state index is 0.0266. The molecule has 0 heterocycles. The van der Waals surface area contributed by atoms with Gasteiger partial charge < -0.3 is 10.5 Å². The molecule has 16 heavy (non-hydrogen) atoms. The highest BCUT2D eigenvalue weighted by atomic mass is 16.5. The van der Waals surface area contributed by atoms with Crippen LogP contribution < -0.4 is 10.5 Å². The van der Waals surface area contributed by atoms with Crippen molar-refractivity contribution >= 4 is 5.78 Å². The molecule has 1 aliphatic carbocycles. The predicted octanol–water partition coefficient (Wildman–Crippen LogP) is 2.01. The fourth-order valence-corrected chi connectivity index (χ4v) is 1.82. The molecule has 1 unspecified atom stereocenters. The van der Waals surface area contributed by atoms with E-state index >= 15 is 0 Å². The second-order valence-corrected chi connectivity index (χ2v) is 4.36. The van der Waals surface area contributed by atoms with Crippen molar-refractivity contribution in [1.82, 2.24) is 0 Å². The molecule has 1 aromatic rings. The van der Waals surface area contributed by atoms with Gasteiger partial charge in [0, 0.05) is 18.0 Å². The number of Topliss-reactive ketones (excluding diaryl/α,β-unsaturated/α-hetero) is 1. The summed E-state index contributed by atoms with van der Waals surface area (Å²) < 4.78 is 5.09. The maximum atomic E-state index is 11.9. The average molecular weight is 219 g/mol. The third-order valence-corrected chi connectivity index (χ3v) is 3.04. The van der Waals surface area contributed by atoms with Gasteiger partial charge in [0.15, 0.2) is 5.78 Å². The van der Waals surface area contributed by atoms with Crippen LogP contribution in [0.3, 0.4) is 0 Å². The fraction of sp³-hybridized carbons (Fsp3) is 0.462. The quantitative estimate of drug-likeness (QED) is 0.771. The maximum absolute atomic E-state index is 11.9. The first-order chi connectivity index (χ1) is 7.70.